The van der Waals surface area contributed by atoms with Gasteiger partial charge in [0.2, 0.25) is 0 Å². The normalized spacial score (nSPS) is 13.7. The molecule has 0 atom stereocenters. The minimum absolute atomic E-state index is 0.113. The van der Waals surface area contributed by atoms with Crippen molar-refractivity contribution in [3.05, 3.63) is 124 Å². The van der Waals surface area contributed by atoms with Gasteiger partial charge >= 0.3 is 0 Å². The molecule has 0 bridgehead atoms. The van der Waals surface area contributed by atoms with Crippen LogP contribution >= 0.6 is 15.9 Å². The summed E-state index contributed by atoms with van der Waals surface area (Å²) in [6.45, 7) is 11.4. The SMILES string of the molecule is [B]c1cc(C(C)(C)C)c2c(c1)C(C)(C)c1cc(Br)cc3c4cc(-c5nc(-c6ccccc6)nc(-c6ccccc6)n5)ccc4n-2c13. The summed E-state index contributed by atoms with van der Waals surface area (Å²) in [7, 11) is 6.59. The second kappa shape index (κ2) is 10.2. The van der Waals surface area contributed by atoms with Gasteiger partial charge in [0.15, 0.2) is 17.5 Å². The molecule has 8 rings (SSSR count). The Bertz CT molecular complexity index is 2280. The van der Waals surface area contributed by atoms with Crippen LogP contribution in [0, 0.1) is 0 Å². The Labute approximate surface area is 279 Å². The Morgan fingerprint density at radius 2 is 1.24 bits per heavy atom. The molecule has 0 N–H and O–H groups in total. The predicted molar refractivity (Wildman–Crippen MR) is 194 cm³/mol. The number of fused-ring (bicyclic) bond motifs is 5. The van der Waals surface area contributed by atoms with Crippen LogP contribution in [-0.4, -0.2) is 27.4 Å². The highest BCUT2D eigenvalue weighted by atomic mass is 79.9. The summed E-state index contributed by atoms with van der Waals surface area (Å²) in [5.41, 5.74) is 10.6. The minimum Gasteiger partial charge on any atom is -0.308 e. The van der Waals surface area contributed by atoms with Gasteiger partial charge in [0.1, 0.15) is 7.85 Å². The Kier molecular flexibility index (Phi) is 6.43. The lowest BCUT2D eigenvalue weighted by Crippen LogP contribution is -2.31. The van der Waals surface area contributed by atoms with Crippen molar-refractivity contribution in [1.82, 2.24) is 19.5 Å². The van der Waals surface area contributed by atoms with E-state index in [-0.39, 0.29) is 10.8 Å². The van der Waals surface area contributed by atoms with Gasteiger partial charge in [0, 0.05) is 37.4 Å². The highest BCUT2D eigenvalue weighted by Crippen LogP contribution is 2.50. The number of nitrogens with zero attached hydrogens (tertiary/aromatic N) is 4. The molecule has 0 unspecified atom stereocenters. The van der Waals surface area contributed by atoms with Gasteiger partial charge in [0.05, 0.1) is 16.7 Å². The highest BCUT2D eigenvalue weighted by Gasteiger charge is 2.38. The van der Waals surface area contributed by atoms with Gasteiger partial charge in [-0.1, -0.05) is 129 Å². The lowest BCUT2D eigenvalue weighted by Gasteiger charge is -2.38. The van der Waals surface area contributed by atoms with Gasteiger partial charge in [-0.25, -0.2) is 15.0 Å². The number of hydrogen-bond donors (Lipinski definition) is 0. The Balaban J connectivity index is 1.44. The first-order valence-corrected chi connectivity index (χ1v) is 16.4. The molecular weight excluding hydrogens is 627 g/mol. The van der Waals surface area contributed by atoms with Crippen LogP contribution in [0.25, 0.3) is 61.7 Å². The van der Waals surface area contributed by atoms with Crippen molar-refractivity contribution in [3.8, 4) is 39.9 Å². The molecule has 0 fully saturated rings. The molecule has 0 amide bonds. The summed E-state index contributed by atoms with van der Waals surface area (Å²) in [5, 5.41) is 2.34. The van der Waals surface area contributed by atoms with E-state index in [9.17, 15) is 0 Å². The Morgan fingerprint density at radius 1 is 0.652 bits per heavy atom. The molecule has 2 aromatic heterocycles. The van der Waals surface area contributed by atoms with Crippen LogP contribution in [0.1, 0.15) is 51.3 Å². The molecule has 0 saturated heterocycles. The lowest BCUT2D eigenvalue weighted by atomic mass is 9.70. The Morgan fingerprint density at radius 3 is 1.83 bits per heavy atom. The third-order valence-electron chi connectivity index (χ3n) is 9.29. The zero-order valence-electron chi connectivity index (χ0n) is 26.6. The van der Waals surface area contributed by atoms with E-state index in [4.69, 9.17) is 22.8 Å². The molecule has 46 heavy (non-hydrogen) atoms. The van der Waals surface area contributed by atoms with Crippen molar-refractivity contribution >= 4 is 51.0 Å². The van der Waals surface area contributed by atoms with E-state index in [1.54, 1.807) is 0 Å². The van der Waals surface area contributed by atoms with Crippen molar-refractivity contribution in [2.45, 2.75) is 45.4 Å². The van der Waals surface area contributed by atoms with Crippen molar-refractivity contribution in [1.29, 1.82) is 0 Å². The largest absolute Gasteiger partial charge is 0.308 e. The number of hydrogen-bond acceptors (Lipinski definition) is 3. The summed E-state index contributed by atoms with van der Waals surface area (Å²) in [6, 6.07) is 35.7. The lowest BCUT2D eigenvalue weighted by molar-refractivity contribution is 0.574. The van der Waals surface area contributed by atoms with Crippen LogP contribution in [-0.2, 0) is 10.8 Å². The third-order valence-corrected chi connectivity index (χ3v) is 9.75. The monoisotopic (exact) mass is 658 g/mol. The van der Waals surface area contributed by atoms with Gasteiger partial charge in [-0.05, 0) is 52.4 Å². The van der Waals surface area contributed by atoms with Gasteiger partial charge in [-0.2, -0.15) is 0 Å². The van der Waals surface area contributed by atoms with E-state index in [1.165, 1.54) is 33.3 Å². The molecule has 0 aliphatic carbocycles. The average molecular weight is 659 g/mol. The third kappa shape index (κ3) is 4.45. The van der Waals surface area contributed by atoms with Gasteiger partial charge in [-0.15, -0.1) is 0 Å². The maximum absolute atomic E-state index is 6.59. The smallest absolute Gasteiger partial charge is 0.164 e. The second-order valence-corrected chi connectivity index (χ2v) is 14.7. The fourth-order valence-electron chi connectivity index (χ4n) is 6.99. The average Bonchev–Trinajstić information content (AvgIpc) is 3.37. The maximum atomic E-state index is 6.59. The number of aromatic nitrogens is 4. The van der Waals surface area contributed by atoms with E-state index in [2.05, 4.69) is 97.6 Å². The summed E-state index contributed by atoms with van der Waals surface area (Å²) in [5.74, 6) is 1.94. The minimum atomic E-state index is -0.261. The van der Waals surface area contributed by atoms with Gasteiger partial charge < -0.3 is 4.57 Å². The number of halogens is 1. The number of rotatable bonds is 3. The van der Waals surface area contributed by atoms with E-state index in [0.717, 1.165) is 37.5 Å². The van der Waals surface area contributed by atoms with Crippen LogP contribution in [0.5, 0.6) is 0 Å². The molecule has 0 spiro atoms. The molecule has 3 heterocycles. The molecular formula is C40H32BBrN4. The van der Waals surface area contributed by atoms with E-state index in [0.29, 0.717) is 17.5 Å². The predicted octanol–water partition coefficient (Wildman–Crippen LogP) is 9.46. The van der Waals surface area contributed by atoms with E-state index >= 15 is 0 Å². The van der Waals surface area contributed by atoms with Crippen LogP contribution in [0.2, 0.25) is 0 Å². The quantitative estimate of drug-likeness (QED) is 0.178. The van der Waals surface area contributed by atoms with Crippen LogP contribution in [0.4, 0.5) is 0 Å². The van der Waals surface area contributed by atoms with E-state index < -0.39 is 0 Å². The first-order chi connectivity index (χ1) is 22.0. The first-order valence-electron chi connectivity index (χ1n) is 15.6. The summed E-state index contributed by atoms with van der Waals surface area (Å²) in [6.07, 6.45) is 0. The maximum Gasteiger partial charge on any atom is 0.164 e. The first kappa shape index (κ1) is 28.9. The zero-order valence-corrected chi connectivity index (χ0v) is 28.1. The summed E-state index contributed by atoms with van der Waals surface area (Å²) < 4.78 is 3.52. The second-order valence-electron chi connectivity index (χ2n) is 13.8. The fourth-order valence-corrected chi connectivity index (χ4v) is 7.45. The Hall–Kier alpha value is -4.55. The number of benzene rings is 5. The molecule has 222 valence electrons. The van der Waals surface area contributed by atoms with Crippen molar-refractivity contribution in [3.63, 3.8) is 0 Å². The molecule has 4 nitrogen and oxygen atoms in total. The molecule has 0 saturated carbocycles. The van der Waals surface area contributed by atoms with Crippen molar-refractivity contribution in [2.75, 3.05) is 0 Å². The van der Waals surface area contributed by atoms with Gasteiger partial charge in [0.25, 0.3) is 0 Å². The molecule has 2 radical (unpaired) electrons. The van der Waals surface area contributed by atoms with Gasteiger partial charge in [-0.3, -0.25) is 0 Å². The standard InChI is InChI=1S/C40H32BBrN4/c1-39(2,3)30-19-26(41)20-31-35(30)46-33-17-16-25(18-28(33)29-21-27(42)22-32(34(29)46)40(31,4)5)38-44-36(23-12-8-6-9-13-23)43-37(45-38)24-14-10-7-11-15-24/h6-22H,1-5H3. The van der Waals surface area contributed by atoms with Crippen LogP contribution < -0.4 is 5.46 Å². The van der Waals surface area contributed by atoms with Crippen LogP contribution in [0.3, 0.4) is 0 Å². The van der Waals surface area contributed by atoms with Crippen molar-refractivity contribution in [2.24, 2.45) is 0 Å². The van der Waals surface area contributed by atoms with Crippen LogP contribution in [0.15, 0.2) is 108 Å². The van der Waals surface area contributed by atoms with Crippen molar-refractivity contribution < 1.29 is 0 Å². The zero-order chi connectivity index (χ0) is 32.0. The summed E-state index contributed by atoms with van der Waals surface area (Å²) in [4.78, 5) is 14.9. The fraction of sp³-hybridized carbons (Fsp3) is 0.175. The molecule has 1 aliphatic heterocycles. The molecule has 6 heteroatoms. The highest BCUT2D eigenvalue weighted by molar-refractivity contribution is 9.10. The molecule has 5 aromatic carbocycles. The van der Waals surface area contributed by atoms with E-state index in [1.807, 2.05) is 60.7 Å². The molecule has 7 aromatic rings. The topological polar surface area (TPSA) is 43.6 Å². The molecule has 1 aliphatic rings. The summed E-state index contributed by atoms with van der Waals surface area (Å²) >= 11 is 3.86.